The lowest BCUT2D eigenvalue weighted by atomic mass is 10.3. The van der Waals surface area contributed by atoms with Gasteiger partial charge in [-0.3, -0.25) is 4.68 Å². The summed E-state index contributed by atoms with van der Waals surface area (Å²) in [5, 5.41) is 18.0. The molecule has 0 amide bonds. The van der Waals surface area contributed by atoms with E-state index in [0.29, 0.717) is 0 Å². The Morgan fingerprint density at radius 3 is 2.75 bits per heavy atom. The smallest absolute Gasteiger partial charge is 0.363 e. The van der Waals surface area contributed by atoms with Crippen molar-refractivity contribution in [1.82, 2.24) is 14.8 Å². The molecule has 2 rings (SSSR count). The number of aromatic nitrogens is 3. The Morgan fingerprint density at radius 2 is 2.20 bits per heavy atom. The summed E-state index contributed by atoms with van der Waals surface area (Å²) in [5.41, 5.74) is 2.96. The van der Waals surface area contributed by atoms with E-state index in [4.69, 9.17) is 0 Å². The van der Waals surface area contributed by atoms with Gasteiger partial charge >= 0.3 is 5.82 Å². The Morgan fingerprint density at radius 1 is 1.40 bits per heavy atom. The molecule has 0 fully saturated rings. The van der Waals surface area contributed by atoms with Gasteiger partial charge in [-0.05, 0) is 42.3 Å². The van der Waals surface area contributed by atoms with E-state index in [1.807, 2.05) is 24.6 Å². The number of rotatable bonds is 6. The SMILES string of the molecule is Cc1cc(C)n(CCCNc2ccc([N+](=O)[O-])nc2)n1. The van der Waals surface area contributed by atoms with Crippen molar-refractivity contribution >= 4 is 11.5 Å². The maximum atomic E-state index is 10.5. The molecule has 2 heterocycles. The molecule has 0 aromatic carbocycles. The van der Waals surface area contributed by atoms with Gasteiger partial charge in [-0.1, -0.05) is 0 Å². The van der Waals surface area contributed by atoms with Crippen molar-refractivity contribution in [2.24, 2.45) is 0 Å². The summed E-state index contributed by atoms with van der Waals surface area (Å²) < 4.78 is 1.98. The third-order valence-corrected chi connectivity index (χ3v) is 2.91. The van der Waals surface area contributed by atoms with Crippen molar-refractivity contribution < 1.29 is 4.92 Å². The van der Waals surface area contributed by atoms with Gasteiger partial charge in [-0.2, -0.15) is 5.10 Å². The normalized spacial score (nSPS) is 10.5. The average Bonchev–Trinajstić information content (AvgIpc) is 2.73. The summed E-state index contributed by atoms with van der Waals surface area (Å²) in [6.45, 7) is 5.61. The van der Waals surface area contributed by atoms with Crippen LogP contribution < -0.4 is 5.32 Å². The van der Waals surface area contributed by atoms with Gasteiger partial charge in [0.1, 0.15) is 0 Å². The zero-order chi connectivity index (χ0) is 14.5. The van der Waals surface area contributed by atoms with Gasteiger partial charge in [-0.25, -0.2) is 0 Å². The highest BCUT2D eigenvalue weighted by atomic mass is 16.6. The first kappa shape index (κ1) is 14.0. The maximum Gasteiger partial charge on any atom is 0.363 e. The maximum absolute atomic E-state index is 10.5. The van der Waals surface area contributed by atoms with Gasteiger partial charge in [0.05, 0.1) is 11.4 Å². The second kappa shape index (κ2) is 6.14. The first-order chi connectivity index (χ1) is 9.56. The second-order valence-electron chi connectivity index (χ2n) is 4.59. The highest BCUT2D eigenvalue weighted by Crippen LogP contribution is 2.11. The largest absolute Gasteiger partial charge is 0.382 e. The Balaban J connectivity index is 1.78. The predicted molar refractivity (Wildman–Crippen MR) is 75.7 cm³/mol. The van der Waals surface area contributed by atoms with E-state index in [-0.39, 0.29) is 5.82 Å². The topological polar surface area (TPSA) is 85.9 Å². The minimum absolute atomic E-state index is 0.141. The Labute approximate surface area is 116 Å². The monoisotopic (exact) mass is 275 g/mol. The standard InChI is InChI=1S/C13H17N5O2/c1-10-8-11(2)17(16-10)7-3-6-14-12-4-5-13(15-9-12)18(19)20/h4-5,8-9,14H,3,6-7H2,1-2H3. The highest BCUT2D eigenvalue weighted by Gasteiger charge is 2.05. The lowest BCUT2D eigenvalue weighted by molar-refractivity contribution is -0.389. The molecule has 0 atom stereocenters. The fourth-order valence-corrected chi connectivity index (χ4v) is 1.96. The van der Waals surface area contributed by atoms with Crippen LogP contribution in [0.2, 0.25) is 0 Å². The van der Waals surface area contributed by atoms with Gasteiger partial charge < -0.3 is 15.4 Å². The lowest BCUT2D eigenvalue weighted by Crippen LogP contribution is -2.09. The molecule has 0 saturated heterocycles. The third kappa shape index (κ3) is 3.53. The minimum atomic E-state index is -0.507. The fraction of sp³-hybridized carbons (Fsp3) is 0.385. The molecule has 106 valence electrons. The summed E-state index contributed by atoms with van der Waals surface area (Å²) in [6, 6.07) is 5.10. The van der Waals surface area contributed by atoms with Gasteiger partial charge in [0.2, 0.25) is 0 Å². The molecule has 20 heavy (non-hydrogen) atoms. The molecule has 0 unspecified atom stereocenters. The number of aryl methyl sites for hydroxylation is 3. The van der Waals surface area contributed by atoms with Crippen LogP contribution in [0, 0.1) is 24.0 Å². The zero-order valence-corrected chi connectivity index (χ0v) is 11.5. The molecule has 2 aromatic rings. The Kier molecular flexibility index (Phi) is 4.29. The lowest BCUT2D eigenvalue weighted by Gasteiger charge is -2.06. The first-order valence-corrected chi connectivity index (χ1v) is 6.41. The third-order valence-electron chi connectivity index (χ3n) is 2.91. The molecule has 0 radical (unpaired) electrons. The molecule has 0 aliphatic rings. The van der Waals surface area contributed by atoms with E-state index in [2.05, 4.69) is 15.4 Å². The van der Waals surface area contributed by atoms with Crippen molar-refractivity contribution in [3.63, 3.8) is 0 Å². The Bertz CT molecular complexity index is 591. The number of nitrogens with zero attached hydrogens (tertiary/aromatic N) is 4. The van der Waals surface area contributed by atoms with Crippen LogP contribution in [0.1, 0.15) is 17.8 Å². The van der Waals surface area contributed by atoms with Crippen LogP contribution in [0.5, 0.6) is 0 Å². The second-order valence-corrected chi connectivity index (χ2v) is 4.59. The van der Waals surface area contributed by atoms with Crippen LogP contribution in [0.15, 0.2) is 24.4 Å². The zero-order valence-electron chi connectivity index (χ0n) is 11.5. The minimum Gasteiger partial charge on any atom is -0.382 e. The average molecular weight is 275 g/mol. The van der Waals surface area contributed by atoms with Crippen molar-refractivity contribution in [3.05, 3.63) is 45.9 Å². The molecule has 7 heteroatoms. The van der Waals surface area contributed by atoms with E-state index in [1.54, 1.807) is 6.07 Å². The van der Waals surface area contributed by atoms with E-state index in [0.717, 1.165) is 36.6 Å². The van der Waals surface area contributed by atoms with Crippen molar-refractivity contribution in [2.45, 2.75) is 26.8 Å². The van der Waals surface area contributed by atoms with E-state index in [1.165, 1.54) is 12.3 Å². The van der Waals surface area contributed by atoms with Crippen molar-refractivity contribution in [3.8, 4) is 0 Å². The molecular weight excluding hydrogens is 258 g/mol. The summed E-state index contributed by atoms with van der Waals surface area (Å²) in [7, 11) is 0. The summed E-state index contributed by atoms with van der Waals surface area (Å²) >= 11 is 0. The first-order valence-electron chi connectivity index (χ1n) is 6.41. The number of hydrogen-bond acceptors (Lipinski definition) is 5. The summed E-state index contributed by atoms with van der Waals surface area (Å²) in [6.07, 6.45) is 2.39. The summed E-state index contributed by atoms with van der Waals surface area (Å²) in [5.74, 6) is -0.141. The molecular formula is C13H17N5O2. The fourth-order valence-electron chi connectivity index (χ4n) is 1.96. The van der Waals surface area contributed by atoms with Gasteiger partial charge in [0, 0.05) is 24.8 Å². The molecule has 1 N–H and O–H groups in total. The predicted octanol–water partition coefficient (Wildman–Crippen LogP) is 2.31. The van der Waals surface area contributed by atoms with Gasteiger partial charge in [0.25, 0.3) is 0 Å². The van der Waals surface area contributed by atoms with Gasteiger partial charge in [-0.15, -0.1) is 0 Å². The number of pyridine rings is 1. The van der Waals surface area contributed by atoms with Crippen molar-refractivity contribution in [2.75, 3.05) is 11.9 Å². The van der Waals surface area contributed by atoms with Crippen molar-refractivity contribution in [1.29, 1.82) is 0 Å². The molecule has 7 nitrogen and oxygen atoms in total. The number of anilines is 1. The number of hydrogen-bond donors (Lipinski definition) is 1. The van der Waals surface area contributed by atoms with Crippen LogP contribution in [-0.4, -0.2) is 26.2 Å². The van der Waals surface area contributed by atoms with E-state index in [9.17, 15) is 10.1 Å². The highest BCUT2D eigenvalue weighted by molar-refractivity contribution is 5.43. The van der Waals surface area contributed by atoms with E-state index < -0.39 is 4.92 Å². The van der Waals surface area contributed by atoms with Crippen LogP contribution >= 0.6 is 0 Å². The van der Waals surface area contributed by atoms with Crippen LogP contribution in [-0.2, 0) is 6.54 Å². The molecule has 0 aliphatic heterocycles. The molecule has 0 aliphatic carbocycles. The van der Waals surface area contributed by atoms with Crippen LogP contribution in [0.25, 0.3) is 0 Å². The molecule has 2 aromatic heterocycles. The van der Waals surface area contributed by atoms with Crippen LogP contribution in [0.3, 0.4) is 0 Å². The van der Waals surface area contributed by atoms with Crippen LogP contribution in [0.4, 0.5) is 11.5 Å². The summed E-state index contributed by atoms with van der Waals surface area (Å²) in [4.78, 5) is 13.7. The number of nitrogens with one attached hydrogen (secondary N) is 1. The van der Waals surface area contributed by atoms with Gasteiger partial charge in [0.15, 0.2) is 6.20 Å². The molecule has 0 saturated carbocycles. The van der Waals surface area contributed by atoms with E-state index >= 15 is 0 Å². The quantitative estimate of drug-likeness (QED) is 0.496. The molecule has 0 bridgehead atoms. The number of nitro groups is 1. The molecule has 0 spiro atoms. The Hall–Kier alpha value is -2.44.